The van der Waals surface area contributed by atoms with Crippen molar-refractivity contribution >= 4 is 10.8 Å². The van der Waals surface area contributed by atoms with Crippen LogP contribution >= 0.6 is 0 Å². The first kappa shape index (κ1) is 25.2. The van der Waals surface area contributed by atoms with E-state index in [-0.39, 0.29) is 0 Å². The molecule has 0 saturated carbocycles. The van der Waals surface area contributed by atoms with Crippen molar-refractivity contribution in [1.82, 2.24) is 4.90 Å². The summed E-state index contributed by atoms with van der Waals surface area (Å²) >= 11 is 0. The molecule has 0 aromatic heterocycles. The minimum Gasteiger partial charge on any atom is -0.508 e. The first-order valence-corrected chi connectivity index (χ1v) is 13.5. The molecule has 192 valence electrons. The zero-order chi connectivity index (χ0) is 25.6. The summed E-state index contributed by atoms with van der Waals surface area (Å²) in [5.74, 6) is 2.14. The molecule has 0 bridgehead atoms. The molecule has 5 rings (SSSR count). The van der Waals surface area contributed by atoms with Crippen LogP contribution in [0, 0.1) is 0 Å². The largest absolute Gasteiger partial charge is 0.508 e. The third kappa shape index (κ3) is 5.91. The second kappa shape index (κ2) is 11.7. The molecule has 0 radical (unpaired) electrons. The first-order valence-electron chi connectivity index (χ1n) is 13.5. The molecule has 4 nitrogen and oxygen atoms in total. The zero-order valence-electron chi connectivity index (χ0n) is 22.0. The van der Waals surface area contributed by atoms with Crippen LogP contribution in [0.15, 0.2) is 72.8 Å². The van der Waals surface area contributed by atoms with E-state index in [2.05, 4.69) is 66.4 Å². The van der Waals surface area contributed by atoms with Gasteiger partial charge in [0, 0.05) is 6.54 Å². The molecule has 0 unspecified atom stereocenters. The SMILES string of the molecule is CCc1cc(-c2ccc3cc(OC)ccc3c2Cc2ccc(OCCN3CCCCC3)cc2)ccc1O. The van der Waals surface area contributed by atoms with Crippen LogP contribution in [0.4, 0.5) is 0 Å². The number of phenols is 1. The van der Waals surface area contributed by atoms with Gasteiger partial charge in [0.1, 0.15) is 23.9 Å². The molecule has 0 spiro atoms. The highest BCUT2D eigenvalue weighted by atomic mass is 16.5. The van der Waals surface area contributed by atoms with Gasteiger partial charge in [0.05, 0.1) is 7.11 Å². The van der Waals surface area contributed by atoms with Gasteiger partial charge in [0.15, 0.2) is 0 Å². The Balaban J connectivity index is 1.41. The van der Waals surface area contributed by atoms with Gasteiger partial charge in [-0.3, -0.25) is 4.90 Å². The van der Waals surface area contributed by atoms with E-state index in [4.69, 9.17) is 9.47 Å². The summed E-state index contributed by atoms with van der Waals surface area (Å²) in [6.45, 7) is 6.19. The summed E-state index contributed by atoms with van der Waals surface area (Å²) in [4.78, 5) is 2.50. The van der Waals surface area contributed by atoms with E-state index in [1.54, 1.807) is 7.11 Å². The molecule has 1 aliphatic rings. The molecule has 4 aromatic rings. The van der Waals surface area contributed by atoms with Crippen molar-refractivity contribution in [3.63, 3.8) is 0 Å². The second-order valence-corrected chi connectivity index (χ2v) is 9.95. The Morgan fingerprint density at radius 1 is 0.838 bits per heavy atom. The number of rotatable bonds is 9. The number of fused-ring (bicyclic) bond motifs is 1. The van der Waals surface area contributed by atoms with Gasteiger partial charge in [0.25, 0.3) is 0 Å². The lowest BCUT2D eigenvalue weighted by Crippen LogP contribution is -2.33. The number of phenolic OH excluding ortho intramolecular Hbond substituents is 1. The number of hydrogen-bond acceptors (Lipinski definition) is 4. The van der Waals surface area contributed by atoms with Crippen LogP contribution in [-0.4, -0.2) is 43.4 Å². The van der Waals surface area contributed by atoms with Crippen LogP contribution in [-0.2, 0) is 12.8 Å². The third-order valence-electron chi connectivity index (χ3n) is 7.54. The molecule has 4 aromatic carbocycles. The average molecular weight is 496 g/mol. The molecule has 1 heterocycles. The van der Waals surface area contributed by atoms with E-state index in [9.17, 15) is 5.11 Å². The topological polar surface area (TPSA) is 41.9 Å². The van der Waals surface area contributed by atoms with Gasteiger partial charge in [-0.25, -0.2) is 0 Å². The molecule has 1 N–H and O–H groups in total. The van der Waals surface area contributed by atoms with E-state index >= 15 is 0 Å². The Hall–Kier alpha value is -3.50. The molecule has 1 saturated heterocycles. The monoisotopic (exact) mass is 495 g/mol. The fraction of sp³-hybridized carbons (Fsp3) is 0.333. The van der Waals surface area contributed by atoms with Gasteiger partial charge in [0.2, 0.25) is 0 Å². The first-order chi connectivity index (χ1) is 18.1. The molecule has 1 aliphatic heterocycles. The lowest BCUT2D eigenvalue weighted by molar-refractivity contribution is 0.183. The number of likely N-dealkylation sites (tertiary alicyclic amines) is 1. The molecule has 0 atom stereocenters. The highest BCUT2D eigenvalue weighted by molar-refractivity contribution is 5.93. The van der Waals surface area contributed by atoms with Crippen molar-refractivity contribution in [1.29, 1.82) is 0 Å². The maximum Gasteiger partial charge on any atom is 0.119 e. The van der Waals surface area contributed by atoms with Crippen molar-refractivity contribution in [2.45, 2.75) is 39.0 Å². The predicted molar refractivity (Wildman–Crippen MR) is 152 cm³/mol. The maximum absolute atomic E-state index is 10.2. The molecular weight excluding hydrogens is 458 g/mol. The van der Waals surface area contributed by atoms with E-state index < -0.39 is 0 Å². The van der Waals surface area contributed by atoms with Gasteiger partial charge in [-0.05, 0) is 114 Å². The molecular formula is C33H37NO3. The number of piperidine rings is 1. The molecule has 1 fully saturated rings. The second-order valence-electron chi connectivity index (χ2n) is 9.95. The minimum absolute atomic E-state index is 0.356. The van der Waals surface area contributed by atoms with Gasteiger partial charge < -0.3 is 14.6 Å². The Bertz CT molecular complexity index is 1340. The summed E-state index contributed by atoms with van der Waals surface area (Å²) in [5.41, 5.74) is 5.78. The zero-order valence-corrected chi connectivity index (χ0v) is 22.0. The summed E-state index contributed by atoms with van der Waals surface area (Å²) in [7, 11) is 1.70. The standard InChI is InChI=1S/C33H37NO3/c1-3-25-22-26(10-16-33(25)35)30-14-9-27-23-29(36-2)13-15-31(27)32(30)21-24-7-11-28(12-8-24)37-20-19-34-17-5-4-6-18-34/h7-16,22-23,35H,3-6,17-21H2,1-2H3. The number of benzene rings is 4. The van der Waals surface area contributed by atoms with Crippen molar-refractivity contribution in [2.75, 3.05) is 33.4 Å². The van der Waals surface area contributed by atoms with Crippen LogP contribution in [0.2, 0.25) is 0 Å². The Kier molecular flexibility index (Phi) is 7.96. The fourth-order valence-corrected chi connectivity index (χ4v) is 5.38. The number of aromatic hydroxyl groups is 1. The Morgan fingerprint density at radius 2 is 1.62 bits per heavy atom. The lowest BCUT2D eigenvalue weighted by atomic mass is 9.89. The van der Waals surface area contributed by atoms with E-state index in [1.807, 2.05) is 18.2 Å². The predicted octanol–water partition coefficient (Wildman–Crippen LogP) is 7.24. The maximum atomic E-state index is 10.2. The highest BCUT2D eigenvalue weighted by Crippen LogP contribution is 2.35. The third-order valence-corrected chi connectivity index (χ3v) is 7.54. The van der Waals surface area contributed by atoms with Gasteiger partial charge >= 0.3 is 0 Å². The normalized spacial score (nSPS) is 14.1. The van der Waals surface area contributed by atoms with Gasteiger partial charge in [-0.1, -0.05) is 49.7 Å². The number of hydrogen-bond donors (Lipinski definition) is 1. The summed E-state index contributed by atoms with van der Waals surface area (Å²) in [6, 6.07) is 25.1. The fourth-order valence-electron chi connectivity index (χ4n) is 5.38. The van der Waals surface area contributed by atoms with Crippen molar-refractivity contribution in [3.05, 3.63) is 89.5 Å². The van der Waals surface area contributed by atoms with Crippen LogP contribution in [0.3, 0.4) is 0 Å². The highest BCUT2D eigenvalue weighted by Gasteiger charge is 2.14. The van der Waals surface area contributed by atoms with E-state index in [0.717, 1.165) is 54.0 Å². The molecule has 0 amide bonds. The summed E-state index contributed by atoms with van der Waals surface area (Å²) in [6.07, 6.45) is 5.56. The Labute approximate surface area is 220 Å². The number of ether oxygens (including phenoxy) is 2. The van der Waals surface area contributed by atoms with Crippen LogP contribution < -0.4 is 9.47 Å². The van der Waals surface area contributed by atoms with Crippen molar-refractivity contribution < 1.29 is 14.6 Å². The van der Waals surface area contributed by atoms with E-state index in [1.165, 1.54) is 54.4 Å². The van der Waals surface area contributed by atoms with Gasteiger partial charge in [-0.15, -0.1) is 0 Å². The molecule has 4 heteroatoms. The summed E-state index contributed by atoms with van der Waals surface area (Å²) in [5, 5.41) is 12.6. The lowest BCUT2D eigenvalue weighted by Gasteiger charge is -2.26. The van der Waals surface area contributed by atoms with Crippen molar-refractivity contribution in [3.8, 4) is 28.4 Å². The number of aryl methyl sites for hydroxylation is 1. The quantitative estimate of drug-likeness (QED) is 0.266. The van der Waals surface area contributed by atoms with Crippen LogP contribution in [0.5, 0.6) is 17.2 Å². The Morgan fingerprint density at radius 3 is 2.38 bits per heavy atom. The summed E-state index contributed by atoms with van der Waals surface area (Å²) < 4.78 is 11.5. The number of nitrogens with zero attached hydrogens (tertiary/aromatic N) is 1. The van der Waals surface area contributed by atoms with Crippen molar-refractivity contribution in [2.24, 2.45) is 0 Å². The average Bonchev–Trinajstić information content (AvgIpc) is 2.95. The van der Waals surface area contributed by atoms with Crippen LogP contribution in [0.25, 0.3) is 21.9 Å². The minimum atomic E-state index is 0.356. The van der Waals surface area contributed by atoms with E-state index in [0.29, 0.717) is 5.75 Å². The number of methoxy groups -OCH3 is 1. The molecule has 0 aliphatic carbocycles. The van der Waals surface area contributed by atoms with Gasteiger partial charge in [-0.2, -0.15) is 0 Å². The van der Waals surface area contributed by atoms with Crippen LogP contribution in [0.1, 0.15) is 42.9 Å². The molecule has 37 heavy (non-hydrogen) atoms. The smallest absolute Gasteiger partial charge is 0.119 e.